The molecule has 1 aliphatic heterocycles. The summed E-state index contributed by atoms with van der Waals surface area (Å²) >= 11 is 0. The molecule has 1 heterocycles. The van der Waals surface area contributed by atoms with Crippen molar-refractivity contribution in [2.45, 2.75) is 31.5 Å². The van der Waals surface area contributed by atoms with Crippen LogP contribution in [0.25, 0.3) is 0 Å². The van der Waals surface area contributed by atoms with Gasteiger partial charge in [-0.3, -0.25) is 4.79 Å². The fourth-order valence-electron chi connectivity index (χ4n) is 2.94. The number of hydrogen-bond acceptors (Lipinski definition) is 3. The number of fused-ring (bicyclic) bond motifs is 1. The molecular formula is C19H22N2O2. The first kappa shape index (κ1) is 15.7. The molecule has 0 spiro atoms. The maximum absolute atomic E-state index is 12.3. The minimum absolute atomic E-state index is 0.0494. The standard InChI is InChI=1S/C19H22N2O2/c22-17(10-14-6-2-1-3-7-14)13-21-19(23)18-11-15-8-4-5-9-16(15)12-20-18/h1-9,17-18,20,22H,10-13H2,(H,21,23)/t17-,18+/m1/s1. The van der Waals surface area contributed by atoms with E-state index in [4.69, 9.17) is 0 Å². The SMILES string of the molecule is O=C(NC[C@H](O)Cc1ccccc1)[C@@H]1Cc2ccccc2CN1. The third-order valence-corrected chi connectivity index (χ3v) is 4.22. The molecule has 0 unspecified atom stereocenters. The first-order valence-corrected chi connectivity index (χ1v) is 8.02. The summed E-state index contributed by atoms with van der Waals surface area (Å²) in [6.45, 7) is 0.981. The predicted octanol–water partition coefficient (Wildman–Crippen LogP) is 1.42. The van der Waals surface area contributed by atoms with Crippen LogP contribution in [0.4, 0.5) is 0 Å². The number of benzene rings is 2. The van der Waals surface area contributed by atoms with Gasteiger partial charge in [0.05, 0.1) is 12.1 Å². The maximum Gasteiger partial charge on any atom is 0.237 e. The minimum atomic E-state index is -0.572. The molecule has 2 atom stereocenters. The van der Waals surface area contributed by atoms with Gasteiger partial charge in [-0.15, -0.1) is 0 Å². The van der Waals surface area contributed by atoms with Gasteiger partial charge >= 0.3 is 0 Å². The van der Waals surface area contributed by atoms with Gasteiger partial charge in [-0.25, -0.2) is 0 Å². The van der Waals surface area contributed by atoms with Gasteiger partial charge in [-0.2, -0.15) is 0 Å². The Kier molecular flexibility index (Phi) is 5.05. The maximum atomic E-state index is 12.3. The van der Waals surface area contributed by atoms with Crippen LogP contribution in [-0.2, 0) is 24.2 Å². The molecule has 3 N–H and O–H groups in total. The van der Waals surface area contributed by atoms with E-state index < -0.39 is 6.10 Å². The van der Waals surface area contributed by atoms with Crippen molar-refractivity contribution < 1.29 is 9.90 Å². The van der Waals surface area contributed by atoms with E-state index in [2.05, 4.69) is 22.8 Å². The van der Waals surface area contributed by atoms with Crippen LogP contribution in [0.2, 0.25) is 0 Å². The molecule has 0 saturated heterocycles. The summed E-state index contributed by atoms with van der Waals surface area (Å²) in [5.74, 6) is -0.0494. The summed E-state index contributed by atoms with van der Waals surface area (Å²) in [4.78, 5) is 12.3. The van der Waals surface area contributed by atoms with E-state index in [1.54, 1.807) is 0 Å². The van der Waals surface area contributed by atoms with Crippen LogP contribution in [0.5, 0.6) is 0 Å². The average molecular weight is 310 g/mol. The van der Waals surface area contributed by atoms with Gasteiger partial charge in [0.25, 0.3) is 0 Å². The zero-order valence-electron chi connectivity index (χ0n) is 13.0. The highest BCUT2D eigenvalue weighted by atomic mass is 16.3. The molecule has 0 aromatic heterocycles. The predicted molar refractivity (Wildman–Crippen MR) is 89.9 cm³/mol. The molecule has 120 valence electrons. The Morgan fingerprint density at radius 2 is 1.83 bits per heavy atom. The van der Waals surface area contributed by atoms with Gasteiger partial charge in [0.2, 0.25) is 5.91 Å². The van der Waals surface area contributed by atoms with Crippen LogP contribution in [0.3, 0.4) is 0 Å². The Balaban J connectivity index is 1.48. The average Bonchev–Trinajstić information content (AvgIpc) is 2.60. The highest BCUT2D eigenvalue weighted by Gasteiger charge is 2.24. The molecule has 4 heteroatoms. The highest BCUT2D eigenvalue weighted by Crippen LogP contribution is 2.16. The molecule has 0 aliphatic carbocycles. The Bertz CT molecular complexity index is 657. The van der Waals surface area contributed by atoms with Crippen LogP contribution < -0.4 is 10.6 Å². The number of aliphatic hydroxyl groups is 1. The third-order valence-electron chi connectivity index (χ3n) is 4.22. The zero-order valence-corrected chi connectivity index (χ0v) is 13.0. The number of rotatable bonds is 5. The van der Waals surface area contributed by atoms with Crippen LogP contribution in [-0.4, -0.2) is 29.7 Å². The van der Waals surface area contributed by atoms with Crippen molar-refractivity contribution in [3.63, 3.8) is 0 Å². The highest BCUT2D eigenvalue weighted by molar-refractivity contribution is 5.82. The normalized spacial score (nSPS) is 18.0. The van der Waals surface area contributed by atoms with E-state index in [1.165, 1.54) is 11.1 Å². The number of carbonyl (C=O) groups excluding carboxylic acids is 1. The number of hydrogen-bond donors (Lipinski definition) is 3. The van der Waals surface area contributed by atoms with E-state index in [0.717, 1.165) is 5.56 Å². The Morgan fingerprint density at radius 3 is 2.61 bits per heavy atom. The molecule has 1 aliphatic rings. The fraction of sp³-hybridized carbons (Fsp3) is 0.316. The summed E-state index contributed by atoms with van der Waals surface area (Å²) in [6, 6.07) is 17.7. The minimum Gasteiger partial charge on any atom is -0.391 e. The zero-order chi connectivity index (χ0) is 16.1. The molecule has 0 bridgehead atoms. The lowest BCUT2D eigenvalue weighted by Gasteiger charge is -2.25. The van der Waals surface area contributed by atoms with Gasteiger partial charge in [0.15, 0.2) is 0 Å². The fourth-order valence-corrected chi connectivity index (χ4v) is 2.94. The lowest BCUT2D eigenvalue weighted by atomic mass is 9.95. The molecule has 3 rings (SSSR count). The first-order valence-electron chi connectivity index (χ1n) is 8.02. The monoisotopic (exact) mass is 310 g/mol. The molecule has 1 amide bonds. The van der Waals surface area contributed by atoms with Gasteiger partial charge in [-0.1, -0.05) is 54.6 Å². The quantitative estimate of drug-likeness (QED) is 0.783. The first-order chi connectivity index (χ1) is 11.2. The third kappa shape index (κ3) is 4.18. The number of amides is 1. The number of aliphatic hydroxyl groups excluding tert-OH is 1. The van der Waals surface area contributed by atoms with Crippen LogP contribution in [0.1, 0.15) is 16.7 Å². The second kappa shape index (κ2) is 7.40. The smallest absolute Gasteiger partial charge is 0.237 e. The summed E-state index contributed by atoms with van der Waals surface area (Å²) < 4.78 is 0. The van der Waals surface area contributed by atoms with Crippen LogP contribution in [0, 0.1) is 0 Å². The van der Waals surface area contributed by atoms with E-state index in [0.29, 0.717) is 19.4 Å². The Morgan fingerprint density at radius 1 is 1.13 bits per heavy atom. The largest absolute Gasteiger partial charge is 0.391 e. The summed E-state index contributed by atoms with van der Waals surface area (Å²) in [7, 11) is 0. The second-order valence-electron chi connectivity index (χ2n) is 6.00. The molecule has 23 heavy (non-hydrogen) atoms. The second-order valence-corrected chi connectivity index (χ2v) is 6.00. The Hall–Kier alpha value is -2.17. The summed E-state index contributed by atoms with van der Waals surface area (Å²) in [5.41, 5.74) is 3.54. The van der Waals surface area contributed by atoms with Gasteiger partial charge in [0.1, 0.15) is 0 Å². The van der Waals surface area contributed by atoms with E-state index in [1.807, 2.05) is 42.5 Å². The summed E-state index contributed by atoms with van der Waals surface area (Å²) in [5, 5.41) is 16.2. The van der Waals surface area contributed by atoms with Crippen molar-refractivity contribution in [2.75, 3.05) is 6.54 Å². The van der Waals surface area contributed by atoms with Crippen LogP contribution >= 0.6 is 0 Å². The lowest BCUT2D eigenvalue weighted by molar-refractivity contribution is -0.123. The van der Waals surface area contributed by atoms with Crippen molar-refractivity contribution in [1.29, 1.82) is 0 Å². The lowest BCUT2D eigenvalue weighted by Crippen LogP contribution is -2.49. The van der Waals surface area contributed by atoms with Crippen molar-refractivity contribution >= 4 is 5.91 Å². The molecule has 4 nitrogen and oxygen atoms in total. The van der Waals surface area contributed by atoms with Gasteiger partial charge in [0, 0.05) is 19.5 Å². The molecule has 2 aromatic rings. The van der Waals surface area contributed by atoms with E-state index in [-0.39, 0.29) is 18.5 Å². The van der Waals surface area contributed by atoms with Gasteiger partial charge < -0.3 is 15.7 Å². The number of nitrogens with one attached hydrogen (secondary N) is 2. The van der Waals surface area contributed by atoms with E-state index >= 15 is 0 Å². The topological polar surface area (TPSA) is 61.4 Å². The van der Waals surface area contributed by atoms with Crippen molar-refractivity contribution in [3.8, 4) is 0 Å². The van der Waals surface area contributed by atoms with Crippen LogP contribution in [0.15, 0.2) is 54.6 Å². The Labute approximate surface area is 136 Å². The summed E-state index contributed by atoms with van der Waals surface area (Å²) in [6.07, 6.45) is 0.663. The van der Waals surface area contributed by atoms with Gasteiger partial charge in [-0.05, 0) is 23.1 Å². The van der Waals surface area contributed by atoms with Crippen molar-refractivity contribution in [2.24, 2.45) is 0 Å². The van der Waals surface area contributed by atoms with Crippen molar-refractivity contribution in [1.82, 2.24) is 10.6 Å². The molecule has 2 aromatic carbocycles. The number of carbonyl (C=O) groups is 1. The molecule has 0 saturated carbocycles. The molecular weight excluding hydrogens is 288 g/mol. The van der Waals surface area contributed by atoms with E-state index in [9.17, 15) is 9.90 Å². The molecule has 0 fully saturated rings. The van der Waals surface area contributed by atoms with Crippen molar-refractivity contribution in [3.05, 3.63) is 71.3 Å². The molecule has 0 radical (unpaired) electrons.